The molecule has 1 aromatic rings. The molecule has 0 radical (unpaired) electrons. The number of hydrogen-bond acceptors (Lipinski definition) is 7. The number of benzene rings is 1. The lowest BCUT2D eigenvalue weighted by molar-refractivity contribution is -0.157. The molecule has 0 bridgehead atoms. The molecule has 0 aliphatic carbocycles. The fraction of sp³-hybridized carbons (Fsp3) is 0.545. The highest BCUT2D eigenvalue weighted by molar-refractivity contribution is 8.00. The molecule has 9 heteroatoms. The predicted molar refractivity (Wildman–Crippen MR) is 117 cm³/mol. The second-order valence-corrected chi connectivity index (χ2v) is 8.45. The molecular formula is C22H30N2O6S. The van der Waals surface area contributed by atoms with E-state index in [2.05, 4.69) is 5.32 Å². The van der Waals surface area contributed by atoms with Gasteiger partial charge in [-0.15, -0.1) is 11.8 Å². The number of nitrogens with zero attached hydrogens (tertiary/aromatic N) is 1. The molecule has 1 unspecified atom stereocenters. The molecule has 0 saturated carbocycles. The van der Waals surface area contributed by atoms with Crippen molar-refractivity contribution in [1.82, 2.24) is 10.2 Å². The monoisotopic (exact) mass is 450 g/mol. The van der Waals surface area contributed by atoms with E-state index in [0.29, 0.717) is 23.4 Å². The third kappa shape index (κ3) is 7.57. The maximum Gasteiger partial charge on any atom is 0.339 e. The summed E-state index contributed by atoms with van der Waals surface area (Å²) in [6.45, 7) is 5.69. The van der Waals surface area contributed by atoms with Crippen LogP contribution in [-0.2, 0) is 23.9 Å². The smallest absolute Gasteiger partial charge is 0.339 e. The zero-order chi connectivity index (χ0) is 22.8. The largest absolute Gasteiger partial charge is 0.464 e. The van der Waals surface area contributed by atoms with Crippen molar-refractivity contribution in [3.8, 4) is 0 Å². The molecule has 1 N–H and O–H groups in total. The highest BCUT2D eigenvalue weighted by Crippen LogP contribution is 2.24. The molecule has 0 aromatic heterocycles. The first-order valence-corrected chi connectivity index (χ1v) is 11.5. The normalized spacial score (nSPS) is 16.0. The standard InChI is InChI=1S/C22H30N2O6S/c1-4-29-22(28)17-10-7-8-12-24(17)20(26)13-30-21(27)16-9-5-6-11-18(16)31-14-19(25)23-15(2)3/h5-6,9,11,15,17H,4,7-8,10,12-14H2,1-3H3,(H,23,25). The zero-order valence-electron chi connectivity index (χ0n) is 18.2. The van der Waals surface area contributed by atoms with Crippen LogP contribution in [0, 0.1) is 0 Å². The van der Waals surface area contributed by atoms with Gasteiger partial charge in [-0.1, -0.05) is 12.1 Å². The minimum Gasteiger partial charge on any atom is -0.464 e. The Morgan fingerprint density at radius 3 is 2.61 bits per heavy atom. The first-order chi connectivity index (χ1) is 14.8. The van der Waals surface area contributed by atoms with Gasteiger partial charge in [0.1, 0.15) is 6.04 Å². The number of carbonyl (C=O) groups is 4. The molecule has 8 nitrogen and oxygen atoms in total. The highest BCUT2D eigenvalue weighted by atomic mass is 32.2. The van der Waals surface area contributed by atoms with Gasteiger partial charge < -0.3 is 19.7 Å². The number of hydrogen-bond donors (Lipinski definition) is 1. The Morgan fingerprint density at radius 2 is 1.90 bits per heavy atom. The number of rotatable bonds is 9. The summed E-state index contributed by atoms with van der Waals surface area (Å²) in [5.41, 5.74) is 0.290. The average molecular weight is 451 g/mol. The lowest BCUT2D eigenvalue weighted by Gasteiger charge is -2.33. The third-order valence-corrected chi connectivity index (χ3v) is 5.70. The number of nitrogens with one attached hydrogen (secondary N) is 1. The molecule has 2 rings (SSSR count). The predicted octanol–water partition coefficient (Wildman–Crippen LogP) is 2.40. The quantitative estimate of drug-likeness (QED) is 0.455. The molecule has 1 aromatic carbocycles. The van der Waals surface area contributed by atoms with Crippen LogP contribution in [0.4, 0.5) is 0 Å². The molecule has 1 aliphatic rings. The molecule has 1 fully saturated rings. The van der Waals surface area contributed by atoms with Crippen LogP contribution in [0.15, 0.2) is 29.2 Å². The Labute approximate surface area is 187 Å². The lowest BCUT2D eigenvalue weighted by atomic mass is 10.0. The van der Waals surface area contributed by atoms with Gasteiger partial charge in [0.05, 0.1) is 17.9 Å². The van der Waals surface area contributed by atoms with Crippen LogP contribution < -0.4 is 5.32 Å². The molecule has 1 aliphatic heterocycles. The van der Waals surface area contributed by atoms with Crippen molar-refractivity contribution in [3.63, 3.8) is 0 Å². The number of likely N-dealkylation sites (tertiary alicyclic amines) is 1. The van der Waals surface area contributed by atoms with E-state index in [1.54, 1.807) is 31.2 Å². The lowest BCUT2D eigenvalue weighted by Crippen LogP contribution is -2.50. The van der Waals surface area contributed by atoms with E-state index in [4.69, 9.17) is 9.47 Å². The topological polar surface area (TPSA) is 102 Å². The van der Waals surface area contributed by atoms with Crippen molar-refractivity contribution in [3.05, 3.63) is 29.8 Å². The zero-order valence-corrected chi connectivity index (χ0v) is 19.0. The van der Waals surface area contributed by atoms with E-state index in [1.165, 1.54) is 16.7 Å². The number of esters is 2. The van der Waals surface area contributed by atoms with Crippen molar-refractivity contribution in [1.29, 1.82) is 0 Å². The van der Waals surface area contributed by atoms with Gasteiger partial charge in [0, 0.05) is 17.5 Å². The van der Waals surface area contributed by atoms with Gasteiger partial charge in [0.15, 0.2) is 6.61 Å². The van der Waals surface area contributed by atoms with Crippen LogP contribution in [0.3, 0.4) is 0 Å². The summed E-state index contributed by atoms with van der Waals surface area (Å²) in [5.74, 6) is -1.47. The number of ether oxygens (including phenoxy) is 2. The number of thioether (sulfide) groups is 1. The minimum absolute atomic E-state index is 0.0348. The summed E-state index contributed by atoms with van der Waals surface area (Å²) in [6.07, 6.45) is 2.16. The molecule has 2 amide bonds. The molecule has 1 heterocycles. The van der Waals surface area contributed by atoms with Crippen molar-refractivity contribution >= 4 is 35.5 Å². The minimum atomic E-state index is -0.648. The van der Waals surface area contributed by atoms with Gasteiger partial charge in [-0.25, -0.2) is 9.59 Å². The Balaban J connectivity index is 1.96. The van der Waals surface area contributed by atoms with Gasteiger partial charge in [-0.2, -0.15) is 0 Å². The summed E-state index contributed by atoms with van der Waals surface area (Å²) in [4.78, 5) is 51.3. The highest BCUT2D eigenvalue weighted by Gasteiger charge is 2.33. The SMILES string of the molecule is CCOC(=O)C1CCCCN1C(=O)COC(=O)c1ccccc1SCC(=O)NC(C)C. The second kappa shape index (κ2) is 12.3. The molecular weight excluding hydrogens is 420 g/mol. The van der Waals surface area contributed by atoms with E-state index in [-0.39, 0.29) is 24.3 Å². The fourth-order valence-corrected chi connectivity index (χ4v) is 4.12. The van der Waals surface area contributed by atoms with E-state index in [9.17, 15) is 19.2 Å². The van der Waals surface area contributed by atoms with Crippen LogP contribution in [-0.4, -0.2) is 66.2 Å². The summed E-state index contributed by atoms with van der Waals surface area (Å²) < 4.78 is 10.3. The second-order valence-electron chi connectivity index (χ2n) is 7.43. The average Bonchev–Trinajstić information content (AvgIpc) is 2.75. The first-order valence-electron chi connectivity index (χ1n) is 10.5. The summed E-state index contributed by atoms with van der Waals surface area (Å²) >= 11 is 1.23. The maximum atomic E-state index is 12.6. The van der Waals surface area contributed by atoms with E-state index < -0.39 is 30.5 Å². The van der Waals surface area contributed by atoms with Crippen LogP contribution in [0.2, 0.25) is 0 Å². The van der Waals surface area contributed by atoms with Crippen LogP contribution in [0.1, 0.15) is 50.4 Å². The van der Waals surface area contributed by atoms with Crippen molar-refractivity contribution in [2.75, 3.05) is 25.5 Å². The van der Waals surface area contributed by atoms with Gasteiger partial charge in [-0.05, 0) is 52.2 Å². The molecule has 1 saturated heterocycles. The van der Waals surface area contributed by atoms with Gasteiger partial charge in [0.25, 0.3) is 5.91 Å². The van der Waals surface area contributed by atoms with Crippen LogP contribution >= 0.6 is 11.8 Å². The summed E-state index contributed by atoms with van der Waals surface area (Å²) in [5, 5.41) is 2.80. The molecule has 31 heavy (non-hydrogen) atoms. The Kier molecular flexibility index (Phi) is 9.84. The Bertz CT molecular complexity index is 798. The molecule has 170 valence electrons. The van der Waals surface area contributed by atoms with E-state index in [1.807, 2.05) is 13.8 Å². The Hall–Kier alpha value is -2.55. The van der Waals surface area contributed by atoms with Gasteiger partial charge in [-0.3, -0.25) is 9.59 Å². The van der Waals surface area contributed by atoms with E-state index >= 15 is 0 Å². The van der Waals surface area contributed by atoms with Crippen LogP contribution in [0.5, 0.6) is 0 Å². The maximum absolute atomic E-state index is 12.6. The first kappa shape index (κ1) is 24.7. The van der Waals surface area contributed by atoms with Gasteiger partial charge in [0.2, 0.25) is 5.91 Å². The fourth-order valence-electron chi connectivity index (χ4n) is 3.27. The molecule has 1 atom stereocenters. The number of carbonyl (C=O) groups excluding carboxylic acids is 4. The number of piperidine rings is 1. The number of amides is 2. The summed E-state index contributed by atoms with van der Waals surface area (Å²) in [7, 11) is 0. The molecule has 0 spiro atoms. The van der Waals surface area contributed by atoms with Gasteiger partial charge >= 0.3 is 11.9 Å². The Morgan fingerprint density at radius 1 is 1.16 bits per heavy atom. The van der Waals surface area contributed by atoms with E-state index in [0.717, 1.165) is 12.8 Å². The van der Waals surface area contributed by atoms with Crippen LogP contribution in [0.25, 0.3) is 0 Å². The van der Waals surface area contributed by atoms with Crippen molar-refractivity contribution < 1.29 is 28.7 Å². The van der Waals surface area contributed by atoms with Crippen molar-refractivity contribution in [2.45, 2.75) is 57.0 Å². The summed E-state index contributed by atoms with van der Waals surface area (Å²) in [6, 6.07) is 6.18. The van der Waals surface area contributed by atoms with Crippen molar-refractivity contribution in [2.24, 2.45) is 0 Å². The third-order valence-electron chi connectivity index (χ3n) is 4.62.